The fraction of sp³-hybridized carbons (Fsp3) is 0.125. The summed E-state index contributed by atoms with van der Waals surface area (Å²) in [6.45, 7) is 0. The minimum atomic E-state index is -0.656. The fourth-order valence-corrected chi connectivity index (χ4v) is 0.940. The Hall–Kier alpha value is -1.75. The van der Waals surface area contributed by atoms with Gasteiger partial charge in [-0.15, -0.1) is 0 Å². The minimum absolute atomic E-state index is 0.249. The SMILES string of the molecule is COc1cc(N)ccc1C(=O)ON. The van der Waals surface area contributed by atoms with Crippen LogP contribution >= 0.6 is 0 Å². The highest BCUT2D eigenvalue weighted by molar-refractivity contribution is 5.92. The van der Waals surface area contributed by atoms with E-state index in [4.69, 9.17) is 16.4 Å². The zero-order chi connectivity index (χ0) is 9.84. The molecule has 1 aromatic rings. The first kappa shape index (κ1) is 9.34. The largest absolute Gasteiger partial charge is 0.496 e. The summed E-state index contributed by atoms with van der Waals surface area (Å²) in [6, 6.07) is 4.57. The van der Waals surface area contributed by atoms with E-state index in [-0.39, 0.29) is 5.56 Å². The predicted octanol–water partition coefficient (Wildman–Crippen LogP) is 0.308. The van der Waals surface area contributed by atoms with Crippen molar-refractivity contribution in [2.45, 2.75) is 0 Å². The maximum Gasteiger partial charge on any atom is 0.360 e. The second kappa shape index (κ2) is 3.77. The number of carbonyl (C=O) groups excluding carboxylic acids is 1. The molecule has 5 nitrogen and oxygen atoms in total. The van der Waals surface area contributed by atoms with Gasteiger partial charge in [-0.2, -0.15) is 5.90 Å². The standard InChI is InChI=1S/C8H10N2O3/c1-12-7-4-5(9)2-3-6(7)8(11)13-10/h2-4H,9-10H2,1H3. The van der Waals surface area contributed by atoms with E-state index in [1.807, 2.05) is 0 Å². The van der Waals surface area contributed by atoms with E-state index in [1.165, 1.54) is 19.2 Å². The van der Waals surface area contributed by atoms with Crippen LogP contribution in [0, 0.1) is 0 Å². The number of nitrogen functional groups attached to an aromatic ring is 1. The molecule has 0 spiro atoms. The summed E-state index contributed by atoms with van der Waals surface area (Å²) in [5.41, 5.74) is 6.24. The molecule has 1 rings (SSSR count). The lowest BCUT2D eigenvalue weighted by molar-refractivity contribution is 0.0500. The third-order valence-electron chi connectivity index (χ3n) is 1.55. The quantitative estimate of drug-likeness (QED) is 0.507. The highest BCUT2D eigenvalue weighted by Gasteiger charge is 2.12. The van der Waals surface area contributed by atoms with Gasteiger partial charge in [0.2, 0.25) is 0 Å². The fourth-order valence-electron chi connectivity index (χ4n) is 0.940. The Kier molecular flexibility index (Phi) is 2.71. The van der Waals surface area contributed by atoms with Gasteiger partial charge in [0.25, 0.3) is 0 Å². The molecule has 0 aromatic heterocycles. The van der Waals surface area contributed by atoms with Crippen LogP contribution in [-0.2, 0) is 4.84 Å². The molecule has 0 radical (unpaired) electrons. The monoisotopic (exact) mass is 182 g/mol. The first-order chi connectivity index (χ1) is 6.19. The molecule has 0 aliphatic heterocycles. The van der Waals surface area contributed by atoms with E-state index >= 15 is 0 Å². The zero-order valence-electron chi connectivity index (χ0n) is 7.11. The van der Waals surface area contributed by atoms with Crippen LogP contribution in [0.3, 0.4) is 0 Å². The lowest BCUT2D eigenvalue weighted by atomic mass is 10.2. The number of nitrogens with two attached hydrogens (primary N) is 2. The van der Waals surface area contributed by atoms with Crippen LogP contribution in [0.4, 0.5) is 5.69 Å². The number of anilines is 1. The first-order valence-electron chi connectivity index (χ1n) is 3.53. The zero-order valence-corrected chi connectivity index (χ0v) is 7.11. The maximum atomic E-state index is 11.0. The van der Waals surface area contributed by atoms with E-state index in [9.17, 15) is 4.79 Å². The minimum Gasteiger partial charge on any atom is -0.496 e. The molecular formula is C8H10N2O3. The van der Waals surface area contributed by atoms with Crippen molar-refractivity contribution in [1.29, 1.82) is 0 Å². The molecule has 0 heterocycles. The molecular weight excluding hydrogens is 172 g/mol. The van der Waals surface area contributed by atoms with Crippen LogP contribution < -0.4 is 16.4 Å². The highest BCUT2D eigenvalue weighted by Crippen LogP contribution is 2.21. The van der Waals surface area contributed by atoms with Crippen molar-refractivity contribution in [1.82, 2.24) is 0 Å². The topological polar surface area (TPSA) is 87.6 Å². The maximum absolute atomic E-state index is 11.0. The number of hydrogen-bond donors (Lipinski definition) is 2. The van der Waals surface area contributed by atoms with Gasteiger partial charge >= 0.3 is 5.97 Å². The van der Waals surface area contributed by atoms with Gasteiger partial charge in [0, 0.05) is 11.8 Å². The second-order valence-corrected chi connectivity index (χ2v) is 2.37. The van der Waals surface area contributed by atoms with Crippen LogP contribution in [0.5, 0.6) is 5.75 Å². The van der Waals surface area contributed by atoms with Gasteiger partial charge < -0.3 is 15.3 Å². The lowest BCUT2D eigenvalue weighted by Gasteiger charge is -2.06. The summed E-state index contributed by atoms with van der Waals surface area (Å²) < 4.78 is 4.91. The third-order valence-corrected chi connectivity index (χ3v) is 1.55. The van der Waals surface area contributed by atoms with E-state index in [0.717, 1.165) is 0 Å². The summed E-state index contributed by atoms with van der Waals surface area (Å²) in [7, 11) is 1.43. The van der Waals surface area contributed by atoms with E-state index < -0.39 is 5.97 Å². The van der Waals surface area contributed by atoms with Gasteiger partial charge in [-0.05, 0) is 12.1 Å². The first-order valence-corrected chi connectivity index (χ1v) is 3.53. The summed E-state index contributed by atoms with van der Waals surface area (Å²) in [4.78, 5) is 15.1. The van der Waals surface area contributed by atoms with Gasteiger partial charge in [0.05, 0.1) is 7.11 Å². The molecule has 0 saturated heterocycles. The molecule has 0 amide bonds. The molecule has 5 heteroatoms. The van der Waals surface area contributed by atoms with Crippen LogP contribution in [0.25, 0.3) is 0 Å². The van der Waals surface area contributed by atoms with Gasteiger partial charge in [-0.25, -0.2) is 4.79 Å². The molecule has 0 aliphatic rings. The molecule has 4 N–H and O–H groups in total. The number of methoxy groups -OCH3 is 1. The number of benzene rings is 1. The average Bonchev–Trinajstić information content (AvgIpc) is 2.16. The Bertz CT molecular complexity index is 325. The van der Waals surface area contributed by atoms with E-state index in [1.54, 1.807) is 6.07 Å². The van der Waals surface area contributed by atoms with Crippen molar-refractivity contribution in [3.05, 3.63) is 23.8 Å². The summed E-state index contributed by atoms with van der Waals surface area (Å²) in [5, 5.41) is 0. The Balaban J connectivity index is 3.13. The van der Waals surface area contributed by atoms with Crippen molar-refractivity contribution in [2.75, 3.05) is 12.8 Å². The summed E-state index contributed by atoms with van der Waals surface area (Å²) in [5.74, 6) is 4.42. The van der Waals surface area contributed by atoms with Crippen molar-refractivity contribution in [3.63, 3.8) is 0 Å². The van der Waals surface area contributed by atoms with Crippen LogP contribution in [-0.4, -0.2) is 13.1 Å². The second-order valence-electron chi connectivity index (χ2n) is 2.37. The van der Waals surface area contributed by atoms with Crippen molar-refractivity contribution < 1.29 is 14.4 Å². The van der Waals surface area contributed by atoms with Crippen LogP contribution in [0.2, 0.25) is 0 Å². The molecule has 13 heavy (non-hydrogen) atoms. The van der Waals surface area contributed by atoms with Gasteiger partial charge in [-0.3, -0.25) is 0 Å². The number of rotatable bonds is 2. The summed E-state index contributed by atoms with van der Waals surface area (Å²) in [6.07, 6.45) is 0. The molecule has 0 bridgehead atoms. The molecule has 0 saturated carbocycles. The van der Waals surface area contributed by atoms with Gasteiger partial charge in [-0.1, -0.05) is 0 Å². The number of hydrogen-bond acceptors (Lipinski definition) is 5. The van der Waals surface area contributed by atoms with Gasteiger partial charge in [0.1, 0.15) is 11.3 Å². The smallest absolute Gasteiger partial charge is 0.360 e. The Morgan fingerprint density at radius 1 is 1.46 bits per heavy atom. The molecule has 0 fully saturated rings. The molecule has 0 atom stereocenters. The van der Waals surface area contributed by atoms with Crippen molar-refractivity contribution >= 4 is 11.7 Å². The Morgan fingerprint density at radius 3 is 2.69 bits per heavy atom. The third kappa shape index (κ3) is 1.88. The Labute approximate surface area is 75.2 Å². The molecule has 70 valence electrons. The van der Waals surface area contributed by atoms with E-state index in [2.05, 4.69) is 4.84 Å². The highest BCUT2D eigenvalue weighted by atomic mass is 16.7. The van der Waals surface area contributed by atoms with Crippen molar-refractivity contribution in [2.24, 2.45) is 5.90 Å². The Morgan fingerprint density at radius 2 is 2.15 bits per heavy atom. The number of carbonyl (C=O) groups is 1. The molecule has 0 unspecified atom stereocenters. The predicted molar refractivity (Wildman–Crippen MR) is 47.0 cm³/mol. The molecule has 1 aromatic carbocycles. The molecule has 0 aliphatic carbocycles. The van der Waals surface area contributed by atoms with Gasteiger partial charge in [0.15, 0.2) is 0 Å². The lowest BCUT2D eigenvalue weighted by Crippen LogP contribution is -2.11. The van der Waals surface area contributed by atoms with Crippen LogP contribution in [0.1, 0.15) is 10.4 Å². The normalized spacial score (nSPS) is 9.38. The average molecular weight is 182 g/mol. The van der Waals surface area contributed by atoms with Crippen LogP contribution in [0.15, 0.2) is 18.2 Å². The van der Waals surface area contributed by atoms with E-state index in [0.29, 0.717) is 11.4 Å². The number of ether oxygens (including phenoxy) is 1. The van der Waals surface area contributed by atoms with Crippen molar-refractivity contribution in [3.8, 4) is 5.75 Å². The summed E-state index contributed by atoms with van der Waals surface area (Å²) >= 11 is 0.